The molecule has 0 unspecified atom stereocenters. The molecule has 2 aromatic rings. The lowest BCUT2D eigenvalue weighted by Gasteiger charge is -2.46. The molecule has 1 aliphatic heterocycles. The summed E-state index contributed by atoms with van der Waals surface area (Å²) in [4.78, 5) is 16.8. The average molecular weight is 615 g/mol. The molecule has 4 atom stereocenters. The minimum Gasteiger partial charge on any atom is -0.470 e. The third-order valence-electron chi connectivity index (χ3n) is 9.34. The number of aromatic nitrogens is 1. The van der Waals surface area contributed by atoms with E-state index in [0.717, 1.165) is 5.56 Å². The van der Waals surface area contributed by atoms with Crippen LogP contribution in [0.1, 0.15) is 63.2 Å². The maximum Gasteiger partial charge on any atom is 0.265 e. The van der Waals surface area contributed by atoms with Crippen LogP contribution in [0, 0.1) is 0 Å². The highest BCUT2D eigenvalue weighted by Gasteiger charge is 2.72. The van der Waals surface area contributed by atoms with E-state index in [1.165, 1.54) is 0 Å². The summed E-state index contributed by atoms with van der Waals surface area (Å²) in [5, 5.41) is 4.12. The van der Waals surface area contributed by atoms with Crippen LogP contribution in [0.2, 0.25) is 36.3 Å². The van der Waals surface area contributed by atoms with E-state index in [4.69, 9.17) is 22.8 Å². The van der Waals surface area contributed by atoms with Crippen molar-refractivity contribution in [3.8, 4) is 5.88 Å². The van der Waals surface area contributed by atoms with Crippen LogP contribution in [-0.2, 0) is 26.7 Å². The van der Waals surface area contributed by atoms with Crippen LogP contribution in [0.25, 0.3) is 0 Å². The highest BCUT2D eigenvalue weighted by molar-refractivity contribution is 6.74. The Hall–Kier alpha value is -2.09. The van der Waals surface area contributed by atoms with Crippen molar-refractivity contribution < 1.29 is 27.6 Å². The number of epoxide rings is 1. The normalized spacial score (nSPS) is 24.5. The lowest BCUT2D eigenvalue weighted by molar-refractivity contribution is 0.00817. The molecular weight excluding hydrogens is 565 g/mol. The second-order valence-corrected chi connectivity index (χ2v) is 24.5. The average Bonchev–Trinajstić information content (AvgIpc) is 3.50. The third-order valence-corrected chi connectivity index (χ3v) is 18.3. The molecule has 10 heteroatoms. The van der Waals surface area contributed by atoms with E-state index in [2.05, 4.69) is 72.9 Å². The molecule has 0 amide bonds. The van der Waals surface area contributed by atoms with Gasteiger partial charge in [-0.1, -0.05) is 84.0 Å². The molecule has 8 nitrogen and oxygen atoms in total. The van der Waals surface area contributed by atoms with Crippen LogP contribution in [0.5, 0.6) is 5.88 Å². The summed E-state index contributed by atoms with van der Waals surface area (Å²) in [5.74, 6) is 0.386. The fraction of sp³-hybridized carbons (Fsp3) is 0.625. The number of nitrogens with zero attached hydrogens (tertiary/aromatic N) is 2. The monoisotopic (exact) mass is 614 g/mol. The predicted molar refractivity (Wildman–Crippen MR) is 170 cm³/mol. The van der Waals surface area contributed by atoms with Gasteiger partial charge in [-0.3, -0.25) is 4.79 Å². The predicted octanol–water partition coefficient (Wildman–Crippen LogP) is 6.99. The molecule has 1 aromatic carbocycles. The first kappa shape index (κ1) is 32.8. The SMILES string of the molecule is CN(C)Cc1onc(OCc2ccccc2)c1C(=O)[C@]12O[C@H]1C=C[C@H](O[Si](C)(C)C(C)(C)C)[C@H]2O[Si](C)(C)C(C)(C)C. The largest absolute Gasteiger partial charge is 0.470 e. The van der Waals surface area contributed by atoms with Gasteiger partial charge in [0, 0.05) is 0 Å². The second kappa shape index (κ2) is 11.4. The van der Waals surface area contributed by atoms with Crippen LogP contribution >= 0.6 is 0 Å². The van der Waals surface area contributed by atoms with E-state index in [9.17, 15) is 4.79 Å². The number of ether oxygens (including phenoxy) is 2. The maximum atomic E-state index is 14.8. The lowest BCUT2D eigenvalue weighted by atomic mass is 9.83. The second-order valence-electron chi connectivity index (χ2n) is 15.0. The molecule has 0 bridgehead atoms. The number of rotatable bonds is 11. The Morgan fingerprint density at radius 1 is 0.952 bits per heavy atom. The molecule has 0 N–H and O–H groups in total. The van der Waals surface area contributed by atoms with Gasteiger partial charge in [0.05, 0.1) is 12.6 Å². The standard InChI is InChI=1S/C32H50N2O6Si2/c1-30(2,3)41(9,10)39-23-18-19-25-32(37-25,28(23)40-42(11,12)31(4,5)6)27(35)26-24(20-34(7)8)38-33-29(26)36-21-22-16-14-13-15-17-22/h13-19,23,25,28H,20-21H2,1-12H3/t23-,25-,28+,32+/m0/s1. The minimum atomic E-state index is -2.37. The summed E-state index contributed by atoms with van der Waals surface area (Å²) < 4.78 is 32.4. The molecule has 0 spiro atoms. The van der Waals surface area contributed by atoms with Crippen molar-refractivity contribution in [3.05, 3.63) is 59.4 Å². The van der Waals surface area contributed by atoms with Crippen LogP contribution in [0.15, 0.2) is 47.0 Å². The number of fused-ring (bicyclic) bond motifs is 1. The molecule has 232 valence electrons. The number of Topliss-reactive ketones (excluding diaryl/α,β-unsaturated/α-hetero) is 1. The molecular formula is C32H50N2O6Si2. The zero-order valence-corrected chi connectivity index (χ0v) is 29.5. The van der Waals surface area contributed by atoms with Crippen molar-refractivity contribution in [2.24, 2.45) is 0 Å². The van der Waals surface area contributed by atoms with E-state index in [1.54, 1.807) is 0 Å². The van der Waals surface area contributed by atoms with E-state index < -0.39 is 40.5 Å². The Labute approximate surface area is 254 Å². The Morgan fingerprint density at radius 3 is 2.12 bits per heavy atom. The van der Waals surface area contributed by atoms with Crippen LogP contribution in [0.4, 0.5) is 0 Å². The number of ketones is 1. The van der Waals surface area contributed by atoms with Gasteiger partial charge in [0.25, 0.3) is 5.88 Å². The molecule has 1 saturated heterocycles. The number of hydrogen-bond acceptors (Lipinski definition) is 8. The third kappa shape index (κ3) is 6.39. The van der Waals surface area contributed by atoms with Crippen molar-refractivity contribution >= 4 is 22.4 Å². The zero-order chi connectivity index (χ0) is 31.3. The quantitative estimate of drug-likeness (QED) is 0.116. The van der Waals surface area contributed by atoms with Crippen molar-refractivity contribution in [1.29, 1.82) is 0 Å². The fourth-order valence-corrected chi connectivity index (χ4v) is 7.20. The van der Waals surface area contributed by atoms with Gasteiger partial charge in [0.15, 0.2) is 28.0 Å². The smallest absolute Gasteiger partial charge is 0.265 e. The number of benzene rings is 1. The van der Waals surface area contributed by atoms with Gasteiger partial charge in [-0.15, -0.1) is 0 Å². The van der Waals surface area contributed by atoms with E-state index in [1.807, 2.05) is 61.5 Å². The van der Waals surface area contributed by atoms with Gasteiger partial charge >= 0.3 is 0 Å². The summed E-state index contributed by atoms with van der Waals surface area (Å²) in [5.41, 5.74) is 0.0241. The highest BCUT2D eigenvalue weighted by Crippen LogP contribution is 2.53. The van der Waals surface area contributed by atoms with Gasteiger partial charge in [-0.25, -0.2) is 0 Å². The van der Waals surface area contributed by atoms with Gasteiger partial charge in [0.1, 0.15) is 24.4 Å². The van der Waals surface area contributed by atoms with Crippen molar-refractivity contribution in [2.75, 3.05) is 14.1 Å². The molecule has 4 rings (SSSR count). The van der Waals surface area contributed by atoms with Gasteiger partial charge in [-0.2, -0.15) is 0 Å². The van der Waals surface area contributed by atoms with Gasteiger partial charge < -0.3 is 27.7 Å². The Bertz CT molecular complexity index is 1290. The van der Waals surface area contributed by atoms with E-state index in [-0.39, 0.29) is 28.3 Å². The topological polar surface area (TPSA) is 86.6 Å². The molecule has 0 radical (unpaired) electrons. The summed E-state index contributed by atoms with van der Waals surface area (Å²) in [6.45, 7) is 22.8. The van der Waals surface area contributed by atoms with Crippen LogP contribution < -0.4 is 4.74 Å². The first-order valence-electron chi connectivity index (χ1n) is 14.9. The Kier molecular flexibility index (Phi) is 8.94. The van der Waals surface area contributed by atoms with Crippen LogP contribution in [0.3, 0.4) is 0 Å². The van der Waals surface area contributed by atoms with Crippen LogP contribution in [-0.4, -0.2) is 70.5 Å². The molecule has 2 aliphatic rings. The maximum absolute atomic E-state index is 14.8. The van der Waals surface area contributed by atoms with Gasteiger partial charge in [-0.05, 0) is 61.1 Å². The summed E-state index contributed by atoms with van der Waals surface area (Å²) in [6, 6.07) is 9.80. The highest BCUT2D eigenvalue weighted by atomic mass is 28.4. The number of hydrogen-bond donors (Lipinski definition) is 0. The lowest BCUT2D eigenvalue weighted by Crippen LogP contribution is -2.59. The molecule has 0 saturated carbocycles. The first-order chi connectivity index (χ1) is 19.3. The Balaban J connectivity index is 1.77. The zero-order valence-electron chi connectivity index (χ0n) is 27.5. The van der Waals surface area contributed by atoms with Crippen molar-refractivity contribution in [3.63, 3.8) is 0 Å². The molecule has 42 heavy (non-hydrogen) atoms. The minimum absolute atomic E-state index is 0.0212. The number of carbonyl (C=O) groups is 1. The molecule has 1 aliphatic carbocycles. The summed E-state index contributed by atoms with van der Waals surface area (Å²) in [7, 11) is -0.764. The summed E-state index contributed by atoms with van der Waals surface area (Å²) >= 11 is 0. The van der Waals surface area contributed by atoms with E-state index in [0.29, 0.717) is 17.9 Å². The fourth-order valence-electron chi connectivity index (χ4n) is 4.67. The van der Waals surface area contributed by atoms with E-state index >= 15 is 0 Å². The molecule has 2 heterocycles. The Morgan fingerprint density at radius 2 is 1.55 bits per heavy atom. The van der Waals surface area contributed by atoms with Crippen molar-refractivity contribution in [1.82, 2.24) is 10.1 Å². The molecule has 1 aromatic heterocycles. The molecule has 1 fully saturated rings. The van der Waals surface area contributed by atoms with Gasteiger partial charge in [0.2, 0.25) is 5.78 Å². The summed E-state index contributed by atoms with van der Waals surface area (Å²) in [6.07, 6.45) is 2.52. The van der Waals surface area contributed by atoms with Crippen molar-refractivity contribution in [2.45, 2.75) is 115 Å². The first-order valence-corrected chi connectivity index (χ1v) is 20.7. The number of carbonyl (C=O) groups excluding carboxylic acids is 1.